The zero-order valence-corrected chi connectivity index (χ0v) is 16.9. The van der Waals surface area contributed by atoms with Gasteiger partial charge in [0.1, 0.15) is 11.6 Å². The van der Waals surface area contributed by atoms with Gasteiger partial charge in [0.2, 0.25) is 0 Å². The first-order chi connectivity index (χ1) is 14.2. The first-order valence-electron chi connectivity index (χ1n) is 9.68. The molecule has 29 heavy (non-hydrogen) atoms. The predicted octanol–water partition coefficient (Wildman–Crippen LogP) is 4.59. The van der Waals surface area contributed by atoms with E-state index in [0.29, 0.717) is 12.3 Å². The number of thioether (sulfide) groups is 1. The van der Waals surface area contributed by atoms with Gasteiger partial charge in [-0.2, -0.15) is 0 Å². The van der Waals surface area contributed by atoms with Gasteiger partial charge in [-0.1, -0.05) is 36.0 Å². The van der Waals surface area contributed by atoms with Crippen LogP contribution in [0.4, 0.5) is 5.69 Å². The number of para-hydroxylation sites is 1. The molecule has 0 aromatic heterocycles. The van der Waals surface area contributed by atoms with Crippen LogP contribution in [-0.2, 0) is 4.79 Å². The molecule has 5 nitrogen and oxygen atoms in total. The molecule has 6 heteroatoms. The minimum Gasteiger partial charge on any atom is -0.497 e. The van der Waals surface area contributed by atoms with Gasteiger partial charge < -0.3 is 15.8 Å². The minimum atomic E-state index is -0.231. The zero-order chi connectivity index (χ0) is 20.0. The van der Waals surface area contributed by atoms with Crippen molar-refractivity contribution in [3.63, 3.8) is 0 Å². The summed E-state index contributed by atoms with van der Waals surface area (Å²) in [6.07, 6.45) is 2.18. The second-order valence-electron chi connectivity index (χ2n) is 7.31. The van der Waals surface area contributed by atoms with Crippen LogP contribution in [0.15, 0.2) is 80.3 Å². The Morgan fingerprint density at radius 2 is 1.90 bits per heavy atom. The van der Waals surface area contributed by atoms with Crippen LogP contribution in [0.2, 0.25) is 0 Å². The lowest BCUT2D eigenvalue weighted by Gasteiger charge is -2.32. The van der Waals surface area contributed by atoms with Crippen molar-refractivity contribution in [2.24, 2.45) is 10.7 Å². The maximum atomic E-state index is 13.0. The summed E-state index contributed by atoms with van der Waals surface area (Å²) in [5.41, 5.74) is 11.1. The number of amidine groups is 1. The maximum absolute atomic E-state index is 13.0. The van der Waals surface area contributed by atoms with Crippen molar-refractivity contribution >= 4 is 29.1 Å². The molecule has 0 radical (unpaired) electrons. The number of carbonyl (C=O) groups is 1. The van der Waals surface area contributed by atoms with Gasteiger partial charge in [0.05, 0.1) is 23.5 Å². The number of methoxy groups -OCH3 is 1. The van der Waals surface area contributed by atoms with E-state index in [1.165, 1.54) is 0 Å². The molecule has 1 atom stereocenters. The number of ketones is 1. The third kappa shape index (κ3) is 3.04. The largest absolute Gasteiger partial charge is 0.497 e. The second-order valence-corrected chi connectivity index (χ2v) is 8.36. The Morgan fingerprint density at radius 1 is 1.10 bits per heavy atom. The standard InChI is InChI=1S/C23H21N3O2S/c1-28-14-11-9-13(10-12-14)19-20-16(6-4-7-17(20)27)25-22(24)21(19)23-26-15-5-2-3-8-18(15)29-23/h2-3,5,8-12,19,26H,4,6-7H2,1H3,(H2,24,25)/b23-21-. The van der Waals surface area contributed by atoms with Crippen LogP contribution >= 0.6 is 11.8 Å². The fraction of sp³-hybridized carbons (Fsp3) is 0.217. The van der Waals surface area contributed by atoms with E-state index in [1.807, 2.05) is 42.5 Å². The first kappa shape index (κ1) is 18.1. The Balaban J connectivity index is 1.69. The number of rotatable bonds is 2. The van der Waals surface area contributed by atoms with E-state index in [2.05, 4.69) is 16.4 Å². The summed E-state index contributed by atoms with van der Waals surface area (Å²) in [6.45, 7) is 0. The summed E-state index contributed by atoms with van der Waals surface area (Å²) < 4.78 is 5.32. The van der Waals surface area contributed by atoms with E-state index < -0.39 is 0 Å². The molecule has 0 saturated carbocycles. The lowest BCUT2D eigenvalue weighted by Crippen LogP contribution is -2.31. The summed E-state index contributed by atoms with van der Waals surface area (Å²) in [5.74, 6) is 1.21. The number of carbonyl (C=O) groups excluding carboxylic acids is 1. The van der Waals surface area contributed by atoms with E-state index in [-0.39, 0.29) is 11.7 Å². The molecule has 1 aliphatic carbocycles. The lowest BCUT2D eigenvalue weighted by molar-refractivity contribution is -0.116. The molecule has 2 aliphatic heterocycles. The summed E-state index contributed by atoms with van der Waals surface area (Å²) in [4.78, 5) is 18.8. The van der Waals surface area contributed by atoms with Gasteiger partial charge in [-0.15, -0.1) is 0 Å². The van der Waals surface area contributed by atoms with Crippen LogP contribution in [-0.4, -0.2) is 18.7 Å². The fourth-order valence-corrected chi connectivity index (χ4v) is 5.29. The zero-order valence-electron chi connectivity index (χ0n) is 16.1. The third-order valence-electron chi connectivity index (χ3n) is 5.58. The van der Waals surface area contributed by atoms with Crippen molar-refractivity contribution in [2.45, 2.75) is 30.1 Å². The van der Waals surface area contributed by atoms with Gasteiger partial charge in [-0.05, 0) is 42.7 Å². The second kappa shape index (κ2) is 7.12. The molecule has 2 heterocycles. The average molecular weight is 404 g/mol. The number of ether oxygens (including phenoxy) is 1. The molecule has 0 bridgehead atoms. The molecule has 2 aromatic carbocycles. The smallest absolute Gasteiger partial charge is 0.161 e. The normalized spacial score (nSPS) is 23.3. The SMILES string of the molecule is COc1ccc(C2C3=C(CCCC3=O)N=C(N)/C2=C2/Nc3ccccc3S2)cc1. The summed E-state index contributed by atoms with van der Waals surface area (Å²) in [5, 5.41) is 4.43. The quantitative estimate of drug-likeness (QED) is 0.767. The molecule has 0 amide bonds. The lowest BCUT2D eigenvalue weighted by atomic mass is 9.76. The highest BCUT2D eigenvalue weighted by atomic mass is 32.2. The number of fused-ring (bicyclic) bond motifs is 1. The Bertz CT molecular complexity index is 1070. The molecular weight excluding hydrogens is 382 g/mol. The Morgan fingerprint density at radius 3 is 2.66 bits per heavy atom. The third-order valence-corrected chi connectivity index (χ3v) is 6.68. The van der Waals surface area contributed by atoms with Gasteiger partial charge in [-0.25, -0.2) is 4.99 Å². The molecule has 0 saturated heterocycles. The van der Waals surface area contributed by atoms with Crippen LogP contribution in [0.1, 0.15) is 30.7 Å². The Kier molecular flexibility index (Phi) is 4.43. The van der Waals surface area contributed by atoms with Crippen LogP contribution in [0, 0.1) is 0 Å². The molecule has 3 aliphatic rings. The van der Waals surface area contributed by atoms with E-state index in [0.717, 1.165) is 56.6 Å². The predicted molar refractivity (Wildman–Crippen MR) is 116 cm³/mol. The number of aliphatic imine (C=N–C) groups is 1. The first-order valence-corrected chi connectivity index (χ1v) is 10.5. The summed E-state index contributed by atoms with van der Waals surface area (Å²) in [6, 6.07) is 16.0. The van der Waals surface area contributed by atoms with E-state index >= 15 is 0 Å². The monoisotopic (exact) mass is 403 g/mol. The van der Waals surface area contributed by atoms with Crippen molar-refractivity contribution in [3.05, 3.63) is 76.0 Å². The van der Waals surface area contributed by atoms with Gasteiger partial charge in [0.25, 0.3) is 0 Å². The van der Waals surface area contributed by atoms with Crippen LogP contribution in [0.25, 0.3) is 0 Å². The van der Waals surface area contributed by atoms with Crippen LogP contribution < -0.4 is 15.8 Å². The molecule has 2 aromatic rings. The molecule has 0 fully saturated rings. The molecular formula is C23H21N3O2S. The van der Waals surface area contributed by atoms with Crippen molar-refractivity contribution in [1.82, 2.24) is 0 Å². The summed E-state index contributed by atoms with van der Waals surface area (Å²) >= 11 is 1.64. The van der Waals surface area contributed by atoms with Crippen molar-refractivity contribution in [2.75, 3.05) is 12.4 Å². The number of benzene rings is 2. The minimum absolute atomic E-state index is 0.168. The fourth-order valence-electron chi connectivity index (χ4n) is 4.20. The topological polar surface area (TPSA) is 76.7 Å². The summed E-state index contributed by atoms with van der Waals surface area (Å²) in [7, 11) is 1.65. The molecule has 3 N–H and O–H groups in total. The Labute approximate surface area is 173 Å². The molecule has 146 valence electrons. The number of nitrogens with two attached hydrogens (primary N) is 1. The van der Waals surface area contributed by atoms with Crippen LogP contribution in [0.5, 0.6) is 5.75 Å². The van der Waals surface area contributed by atoms with Crippen molar-refractivity contribution < 1.29 is 9.53 Å². The average Bonchev–Trinajstić information content (AvgIpc) is 3.16. The maximum Gasteiger partial charge on any atom is 0.161 e. The van der Waals surface area contributed by atoms with E-state index in [4.69, 9.17) is 10.5 Å². The van der Waals surface area contributed by atoms with Crippen molar-refractivity contribution in [1.29, 1.82) is 0 Å². The van der Waals surface area contributed by atoms with Gasteiger partial charge in [-0.3, -0.25) is 4.79 Å². The number of anilines is 1. The molecule has 0 spiro atoms. The highest BCUT2D eigenvalue weighted by molar-refractivity contribution is 8.03. The number of hydrogen-bond donors (Lipinski definition) is 2. The number of nitrogens with zero attached hydrogens (tertiary/aromatic N) is 1. The molecule has 5 rings (SSSR count). The van der Waals surface area contributed by atoms with Crippen molar-refractivity contribution in [3.8, 4) is 5.75 Å². The van der Waals surface area contributed by atoms with Gasteiger partial charge >= 0.3 is 0 Å². The Hall–Kier alpha value is -2.99. The number of nitrogens with one attached hydrogen (secondary N) is 1. The highest BCUT2D eigenvalue weighted by Gasteiger charge is 2.38. The van der Waals surface area contributed by atoms with Gasteiger partial charge in [0, 0.05) is 28.4 Å². The number of Topliss-reactive ketones (excluding diaryl/α,β-unsaturated/α-hetero) is 1. The van der Waals surface area contributed by atoms with E-state index in [1.54, 1.807) is 18.9 Å². The highest BCUT2D eigenvalue weighted by Crippen LogP contribution is 2.49. The van der Waals surface area contributed by atoms with Crippen LogP contribution in [0.3, 0.4) is 0 Å². The van der Waals surface area contributed by atoms with Gasteiger partial charge in [0.15, 0.2) is 5.78 Å². The molecule has 1 unspecified atom stereocenters. The number of allylic oxidation sites excluding steroid dienone is 2. The number of hydrogen-bond acceptors (Lipinski definition) is 6. The van der Waals surface area contributed by atoms with E-state index in [9.17, 15) is 4.79 Å².